The molecule has 0 fully saturated rings. The molecule has 1 aliphatic heterocycles. The monoisotopic (exact) mass is 346 g/mol. The van der Waals surface area contributed by atoms with Crippen LogP contribution >= 0.6 is 15.9 Å². The molecule has 3 rings (SSSR count). The zero-order chi connectivity index (χ0) is 14.8. The third kappa shape index (κ3) is 3.03. The summed E-state index contributed by atoms with van der Waals surface area (Å²) < 4.78 is 6.60. The number of halogens is 1. The lowest BCUT2D eigenvalue weighted by atomic mass is 10.2. The lowest BCUT2D eigenvalue weighted by Crippen LogP contribution is -2.41. The van der Waals surface area contributed by atoms with Crippen molar-refractivity contribution >= 4 is 33.2 Å². The van der Waals surface area contributed by atoms with Crippen LogP contribution in [0, 0.1) is 6.92 Å². The minimum Gasteiger partial charge on any atom is -0.477 e. The largest absolute Gasteiger partial charge is 0.477 e. The van der Waals surface area contributed by atoms with Crippen molar-refractivity contribution in [2.24, 2.45) is 0 Å². The summed E-state index contributed by atoms with van der Waals surface area (Å²) in [5.74, 6) is 0.538. The number of benzene rings is 2. The number of fused-ring (bicyclic) bond motifs is 1. The van der Waals surface area contributed by atoms with E-state index in [1.165, 1.54) is 0 Å². The highest BCUT2D eigenvalue weighted by Crippen LogP contribution is 2.29. The van der Waals surface area contributed by atoms with Crippen molar-refractivity contribution in [2.75, 3.05) is 17.2 Å². The van der Waals surface area contributed by atoms with Crippen molar-refractivity contribution in [1.29, 1.82) is 0 Å². The standard InChI is InChI=1S/C16H15BrN2O2/c1-10-6-7-11(17)13(8-10)19-16(20)15-9-18-12-4-2-3-5-14(12)21-15/h2-8,15,18H,9H2,1H3,(H,19,20). The van der Waals surface area contributed by atoms with Crippen LogP contribution < -0.4 is 15.4 Å². The zero-order valence-corrected chi connectivity index (χ0v) is 13.1. The van der Waals surface area contributed by atoms with Gasteiger partial charge in [0.1, 0.15) is 5.75 Å². The molecule has 5 heteroatoms. The van der Waals surface area contributed by atoms with E-state index in [9.17, 15) is 4.79 Å². The second kappa shape index (κ2) is 5.77. The highest BCUT2D eigenvalue weighted by Gasteiger charge is 2.26. The zero-order valence-electron chi connectivity index (χ0n) is 11.5. The van der Waals surface area contributed by atoms with E-state index >= 15 is 0 Å². The maximum absolute atomic E-state index is 12.3. The number of nitrogens with one attached hydrogen (secondary N) is 2. The van der Waals surface area contributed by atoms with Crippen molar-refractivity contribution in [3.8, 4) is 5.75 Å². The Kier molecular flexibility index (Phi) is 3.84. The molecule has 0 saturated heterocycles. The summed E-state index contributed by atoms with van der Waals surface area (Å²) in [6.45, 7) is 2.43. The van der Waals surface area contributed by atoms with Crippen LogP contribution in [0.1, 0.15) is 5.56 Å². The molecular weight excluding hydrogens is 332 g/mol. The average Bonchev–Trinajstić information content (AvgIpc) is 2.50. The summed E-state index contributed by atoms with van der Waals surface area (Å²) in [5.41, 5.74) is 2.75. The van der Waals surface area contributed by atoms with Crippen LogP contribution in [0.4, 0.5) is 11.4 Å². The van der Waals surface area contributed by atoms with Gasteiger partial charge in [-0.1, -0.05) is 18.2 Å². The Labute approximate surface area is 131 Å². The number of anilines is 2. The maximum Gasteiger partial charge on any atom is 0.267 e. The van der Waals surface area contributed by atoms with E-state index in [0.29, 0.717) is 12.3 Å². The van der Waals surface area contributed by atoms with Crippen molar-refractivity contribution in [1.82, 2.24) is 0 Å². The Morgan fingerprint density at radius 1 is 1.33 bits per heavy atom. The number of rotatable bonds is 2. The first-order valence-corrected chi connectivity index (χ1v) is 7.49. The first-order valence-electron chi connectivity index (χ1n) is 6.70. The Bertz CT molecular complexity index is 688. The van der Waals surface area contributed by atoms with Gasteiger partial charge in [0.25, 0.3) is 5.91 Å². The topological polar surface area (TPSA) is 50.4 Å². The van der Waals surface area contributed by atoms with Crippen molar-refractivity contribution in [2.45, 2.75) is 13.0 Å². The van der Waals surface area contributed by atoms with Crippen LogP contribution in [0.15, 0.2) is 46.9 Å². The molecule has 2 N–H and O–H groups in total. The van der Waals surface area contributed by atoms with Gasteiger partial charge in [0.05, 0.1) is 17.9 Å². The maximum atomic E-state index is 12.3. The van der Waals surface area contributed by atoms with Gasteiger partial charge in [-0.15, -0.1) is 0 Å². The van der Waals surface area contributed by atoms with Crippen molar-refractivity contribution < 1.29 is 9.53 Å². The van der Waals surface area contributed by atoms with E-state index in [0.717, 1.165) is 21.4 Å². The fourth-order valence-corrected chi connectivity index (χ4v) is 2.55. The molecule has 2 aromatic rings. The SMILES string of the molecule is Cc1ccc(Br)c(NC(=O)C2CNc3ccccc3O2)c1. The van der Waals surface area contributed by atoms with Crippen LogP contribution in [0.3, 0.4) is 0 Å². The quantitative estimate of drug-likeness (QED) is 0.873. The highest BCUT2D eigenvalue weighted by atomic mass is 79.9. The van der Waals surface area contributed by atoms with Gasteiger partial charge in [-0.25, -0.2) is 0 Å². The molecule has 108 valence electrons. The van der Waals surface area contributed by atoms with Gasteiger partial charge in [0.2, 0.25) is 0 Å². The predicted octanol–water partition coefficient (Wildman–Crippen LogP) is 3.57. The summed E-state index contributed by atoms with van der Waals surface area (Å²) >= 11 is 3.44. The number of carbonyl (C=O) groups excluding carboxylic acids is 1. The summed E-state index contributed by atoms with van der Waals surface area (Å²) in [6, 6.07) is 13.4. The fraction of sp³-hybridized carbons (Fsp3) is 0.188. The smallest absolute Gasteiger partial charge is 0.267 e. The Hall–Kier alpha value is -2.01. The molecule has 1 heterocycles. The molecule has 0 spiro atoms. The van der Waals surface area contributed by atoms with Crippen LogP contribution in [0.25, 0.3) is 0 Å². The normalized spacial score (nSPS) is 16.4. The molecule has 0 radical (unpaired) electrons. The van der Waals surface area contributed by atoms with Crippen molar-refractivity contribution in [3.05, 3.63) is 52.5 Å². The van der Waals surface area contributed by atoms with E-state index in [2.05, 4.69) is 26.6 Å². The molecule has 1 aliphatic rings. The summed E-state index contributed by atoms with van der Waals surface area (Å²) in [5, 5.41) is 6.11. The lowest BCUT2D eigenvalue weighted by Gasteiger charge is -2.26. The molecule has 1 amide bonds. The molecule has 1 atom stereocenters. The second-order valence-corrected chi connectivity index (χ2v) is 5.81. The van der Waals surface area contributed by atoms with Crippen molar-refractivity contribution in [3.63, 3.8) is 0 Å². The second-order valence-electron chi connectivity index (χ2n) is 4.96. The molecule has 0 aliphatic carbocycles. The fourth-order valence-electron chi connectivity index (χ4n) is 2.21. The molecule has 2 aromatic carbocycles. The lowest BCUT2D eigenvalue weighted by molar-refractivity contribution is -0.122. The van der Waals surface area contributed by atoms with Crippen LogP contribution in [0.5, 0.6) is 5.75 Å². The van der Waals surface area contributed by atoms with Crippen LogP contribution in [0.2, 0.25) is 0 Å². The van der Waals surface area contributed by atoms with E-state index in [1.54, 1.807) is 0 Å². The Morgan fingerprint density at radius 3 is 3.00 bits per heavy atom. The van der Waals surface area contributed by atoms with E-state index in [1.807, 2.05) is 49.4 Å². The highest BCUT2D eigenvalue weighted by molar-refractivity contribution is 9.10. The Morgan fingerprint density at radius 2 is 2.14 bits per heavy atom. The van der Waals surface area contributed by atoms with Gasteiger partial charge < -0.3 is 15.4 Å². The summed E-state index contributed by atoms with van der Waals surface area (Å²) in [7, 11) is 0. The Balaban J connectivity index is 1.74. The predicted molar refractivity (Wildman–Crippen MR) is 86.9 cm³/mol. The third-order valence-electron chi connectivity index (χ3n) is 3.31. The molecule has 0 aromatic heterocycles. The van der Waals surface area contributed by atoms with Gasteiger partial charge >= 0.3 is 0 Å². The number of amides is 1. The number of hydrogen-bond donors (Lipinski definition) is 2. The van der Waals surface area contributed by atoms with E-state index in [4.69, 9.17) is 4.74 Å². The average molecular weight is 347 g/mol. The molecule has 4 nitrogen and oxygen atoms in total. The molecule has 0 bridgehead atoms. The number of carbonyl (C=O) groups is 1. The van der Waals surface area contributed by atoms with Gasteiger partial charge in [-0.3, -0.25) is 4.79 Å². The van der Waals surface area contributed by atoms with Crippen LogP contribution in [-0.2, 0) is 4.79 Å². The minimum absolute atomic E-state index is 0.164. The number of ether oxygens (including phenoxy) is 1. The summed E-state index contributed by atoms with van der Waals surface area (Å²) in [4.78, 5) is 12.3. The van der Waals surface area contributed by atoms with Crippen LogP contribution in [-0.4, -0.2) is 18.6 Å². The van der Waals surface area contributed by atoms with E-state index in [-0.39, 0.29) is 5.91 Å². The van der Waals surface area contributed by atoms with Gasteiger partial charge in [0, 0.05) is 4.47 Å². The van der Waals surface area contributed by atoms with Gasteiger partial charge in [-0.2, -0.15) is 0 Å². The molecule has 1 unspecified atom stereocenters. The number of aryl methyl sites for hydroxylation is 1. The van der Waals surface area contributed by atoms with E-state index < -0.39 is 6.10 Å². The summed E-state index contributed by atoms with van der Waals surface area (Å²) in [6.07, 6.45) is -0.549. The number of para-hydroxylation sites is 2. The molecular formula is C16H15BrN2O2. The first kappa shape index (κ1) is 13.9. The van der Waals surface area contributed by atoms with Gasteiger partial charge in [0.15, 0.2) is 6.10 Å². The minimum atomic E-state index is -0.549. The molecule has 21 heavy (non-hydrogen) atoms. The molecule has 0 saturated carbocycles. The number of hydrogen-bond acceptors (Lipinski definition) is 3. The first-order chi connectivity index (χ1) is 10.1. The third-order valence-corrected chi connectivity index (χ3v) is 4.00. The van der Waals surface area contributed by atoms with Gasteiger partial charge in [-0.05, 0) is 52.7 Å².